The molecule has 4 rings (SSSR count). The molecule has 0 radical (unpaired) electrons. The van der Waals surface area contributed by atoms with Crippen molar-refractivity contribution in [2.24, 2.45) is 0 Å². The third-order valence-electron chi connectivity index (χ3n) is 4.39. The lowest BCUT2D eigenvalue weighted by Crippen LogP contribution is -2.48. The maximum absolute atomic E-state index is 11.5. The van der Waals surface area contributed by atoms with Gasteiger partial charge in [-0.05, 0) is 23.6 Å². The van der Waals surface area contributed by atoms with Crippen LogP contribution in [-0.4, -0.2) is 47.0 Å². The van der Waals surface area contributed by atoms with Gasteiger partial charge in [0.05, 0.1) is 5.52 Å². The molecule has 0 unspecified atom stereocenters. The zero-order valence-electron chi connectivity index (χ0n) is 13.5. The highest BCUT2D eigenvalue weighted by molar-refractivity contribution is 7.08. The second kappa shape index (κ2) is 6.20. The molecule has 1 aliphatic heterocycles. The Kier molecular flexibility index (Phi) is 3.90. The van der Waals surface area contributed by atoms with Crippen LogP contribution in [0.1, 0.15) is 6.92 Å². The van der Waals surface area contributed by atoms with Gasteiger partial charge >= 0.3 is 0 Å². The van der Waals surface area contributed by atoms with E-state index in [9.17, 15) is 4.79 Å². The molecule has 5 nitrogen and oxygen atoms in total. The topological polar surface area (TPSA) is 49.3 Å². The molecule has 0 saturated carbocycles. The lowest BCUT2D eigenvalue weighted by atomic mass is 10.2. The highest BCUT2D eigenvalue weighted by Gasteiger charge is 2.22. The van der Waals surface area contributed by atoms with Gasteiger partial charge in [0.25, 0.3) is 0 Å². The molecule has 3 heterocycles. The fraction of sp³-hybridized carbons (Fsp3) is 0.278. The summed E-state index contributed by atoms with van der Waals surface area (Å²) in [4.78, 5) is 25.3. The standard InChI is InChI=1S/C18H18N4OS/c1-13(23)21-7-9-22(10-8-21)18-15-4-2-3-5-16(15)19-17(20-18)14-6-11-24-12-14/h2-6,11-12H,7-10H2,1H3. The van der Waals surface area contributed by atoms with Crippen molar-refractivity contribution in [3.05, 3.63) is 41.1 Å². The number of carbonyl (C=O) groups is 1. The number of para-hydroxylation sites is 1. The van der Waals surface area contributed by atoms with Gasteiger partial charge in [0, 0.05) is 49.4 Å². The number of thiophene rings is 1. The highest BCUT2D eigenvalue weighted by atomic mass is 32.1. The van der Waals surface area contributed by atoms with E-state index < -0.39 is 0 Å². The molecule has 2 aromatic heterocycles. The van der Waals surface area contributed by atoms with Gasteiger partial charge in [-0.3, -0.25) is 4.79 Å². The molecule has 0 N–H and O–H groups in total. The van der Waals surface area contributed by atoms with Crippen molar-refractivity contribution in [2.45, 2.75) is 6.92 Å². The van der Waals surface area contributed by atoms with E-state index in [0.29, 0.717) is 0 Å². The maximum Gasteiger partial charge on any atom is 0.219 e. The minimum atomic E-state index is 0.140. The first-order valence-electron chi connectivity index (χ1n) is 8.02. The third kappa shape index (κ3) is 2.73. The van der Waals surface area contributed by atoms with Crippen LogP contribution in [0.5, 0.6) is 0 Å². The van der Waals surface area contributed by atoms with Crippen molar-refractivity contribution >= 4 is 34.0 Å². The number of anilines is 1. The molecule has 24 heavy (non-hydrogen) atoms. The van der Waals surface area contributed by atoms with E-state index in [1.807, 2.05) is 34.5 Å². The predicted octanol–water partition coefficient (Wildman–Crippen LogP) is 3.03. The van der Waals surface area contributed by atoms with E-state index in [2.05, 4.69) is 16.3 Å². The number of rotatable bonds is 2. The molecule has 3 aromatic rings. The molecule has 122 valence electrons. The molecule has 1 fully saturated rings. The fourth-order valence-corrected chi connectivity index (χ4v) is 3.69. The molecular formula is C18H18N4OS. The summed E-state index contributed by atoms with van der Waals surface area (Å²) in [5.41, 5.74) is 2.01. The van der Waals surface area contributed by atoms with Crippen molar-refractivity contribution in [3.63, 3.8) is 0 Å². The summed E-state index contributed by atoms with van der Waals surface area (Å²) in [5.74, 6) is 1.87. The van der Waals surface area contributed by atoms with Gasteiger partial charge in [-0.2, -0.15) is 11.3 Å². The van der Waals surface area contributed by atoms with E-state index in [-0.39, 0.29) is 5.91 Å². The quantitative estimate of drug-likeness (QED) is 0.721. The number of piperazine rings is 1. The molecule has 6 heteroatoms. The first-order chi connectivity index (χ1) is 11.7. The summed E-state index contributed by atoms with van der Waals surface area (Å²) < 4.78 is 0. The van der Waals surface area contributed by atoms with Crippen molar-refractivity contribution in [3.8, 4) is 11.4 Å². The van der Waals surface area contributed by atoms with Crippen LogP contribution in [0, 0.1) is 0 Å². The van der Waals surface area contributed by atoms with Crippen LogP contribution in [0.15, 0.2) is 41.1 Å². The van der Waals surface area contributed by atoms with Gasteiger partial charge < -0.3 is 9.80 Å². The summed E-state index contributed by atoms with van der Waals surface area (Å²) in [6.07, 6.45) is 0. The average Bonchev–Trinajstić information content (AvgIpc) is 3.15. The first-order valence-corrected chi connectivity index (χ1v) is 8.96. The first kappa shape index (κ1) is 15.1. The number of hydrogen-bond donors (Lipinski definition) is 0. The van der Waals surface area contributed by atoms with Crippen LogP contribution in [0.4, 0.5) is 5.82 Å². The minimum Gasteiger partial charge on any atom is -0.352 e. The zero-order chi connectivity index (χ0) is 16.5. The van der Waals surface area contributed by atoms with Crippen LogP contribution in [0.3, 0.4) is 0 Å². The Bertz CT molecular complexity index is 870. The lowest BCUT2D eigenvalue weighted by molar-refractivity contribution is -0.129. The van der Waals surface area contributed by atoms with Gasteiger partial charge in [-0.15, -0.1) is 0 Å². The van der Waals surface area contributed by atoms with Crippen LogP contribution in [0.25, 0.3) is 22.3 Å². The Labute approximate surface area is 144 Å². The molecule has 1 aromatic carbocycles. The molecule has 0 spiro atoms. The Hall–Kier alpha value is -2.47. The Morgan fingerprint density at radius 1 is 1.08 bits per heavy atom. The molecule has 1 saturated heterocycles. The Morgan fingerprint density at radius 2 is 1.88 bits per heavy atom. The fourth-order valence-electron chi connectivity index (χ4n) is 3.05. The average molecular weight is 338 g/mol. The van der Waals surface area contributed by atoms with Crippen LogP contribution < -0.4 is 4.90 Å². The van der Waals surface area contributed by atoms with Crippen molar-refractivity contribution in [1.29, 1.82) is 0 Å². The summed E-state index contributed by atoms with van der Waals surface area (Å²) in [5, 5.41) is 5.17. The number of fused-ring (bicyclic) bond motifs is 1. The van der Waals surface area contributed by atoms with Crippen molar-refractivity contribution < 1.29 is 4.79 Å². The summed E-state index contributed by atoms with van der Waals surface area (Å²) in [7, 11) is 0. The monoisotopic (exact) mass is 338 g/mol. The van der Waals surface area contributed by atoms with Crippen molar-refractivity contribution in [1.82, 2.24) is 14.9 Å². The van der Waals surface area contributed by atoms with Crippen LogP contribution >= 0.6 is 11.3 Å². The second-order valence-electron chi connectivity index (χ2n) is 5.89. The van der Waals surface area contributed by atoms with E-state index in [1.54, 1.807) is 18.3 Å². The van der Waals surface area contributed by atoms with E-state index in [1.165, 1.54) is 0 Å². The number of amides is 1. The lowest BCUT2D eigenvalue weighted by Gasteiger charge is -2.35. The predicted molar refractivity (Wildman–Crippen MR) is 97.3 cm³/mol. The van der Waals surface area contributed by atoms with Gasteiger partial charge in [-0.1, -0.05) is 12.1 Å². The Balaban J connectivity index is 1.75. The summed E-state index contributed by atoms with van der Waals surface area (Å²) >= 11 is 1.65. The molecular weight excluding hydrogens is 320 g/mol. The highest BCUT2D eigenvalue weighted by Crippen LogP contribution is 2.29. The number of benzene rings is 1. The van der Waals surface area contributed by atoms with Gasteiger partial charge in [-0.25, -0.2) is 9.97 Å². The molecule has 1 amide bonds. The van der Waals surface area contributed by atoms with Crippen LogP contribution in [-0.2, 0) is 4.79 Å². The summed E-state index contributed by atoms with van der Waals surface area (Å²) in [6.45, 7) is 4.70. The largest absolute Gasteiger partial charge is 0.352 e. The van der Waals surface area contributed by atoms with Gasteiger partial charge in [0.2, 0.25) is 5.91 Å². The molecule has 0 atom stereocenters. The normalized spacial score (nSPS) is 15.0. The number of nitrogens with zero attached hydrogens (tertiary/aromatic N) is 4. The number of hydrogen-bond acceptors (Lipinski definition) is 5. The minimum absolute atomic E-state index is 0.140. The molecule has 0 bridgehead atoms. The van der Waals surface area contributed by atoms with Crippen molar-refractivity contribution in [2.75, 3.05) is 31.1 Å². The van der Waals surface area contributed by atoms with Gasteiger partial charge in [0.1, 0.15) is 5.82 Å². The smallest absolute Gasteiger partial charge is 0.219 e. The third-order valence-corrected chi connectivity index (χ3v) is 5.07. The van der Waals surface area contributed by atoms with Gasteiger partial charge in [0.15, 0.2) is 5.82 Å². The molecule has 1 aliphatic rings. The van der Waals surface area contributed by atoms with Crippen LogP contribution in [0.2, 0.25) is 0 Å². The second-order valence-corrected chi connectivity index (χ2v) is 6.67. The summed E-state index contributed by atoms with van der Waals surface area (Å²) in [6, 6.07) is 10.2. The zero-order valence-corrected chi connectivity index (χ0v) is 14.3. The SMILES string of the molecule is CC(=O)N1CCN(c2nc(-c3ccsc3)nc3ccccc23)CC1. The van der Waals surface area contributed by atoms with E-state index in [4.69, 9.17) is 9.97 Å². The number of aromatic nitrogens is 2. The molecule has 0 aliphatic carbocycles. The number of carbonyl (C=O) groups excluding carboxylic acids is 1. The van der Waals surface area contributed by atoms with E-state index in [0.717, 1.165) is 54.3 Å². The maximum atomic E-state index is 11.5. The Morgan fingerprint density at radius 3 is 2.58 bits per heavy atom. The van der Waals surface area contributed by atoms with E-state index >= 15 is 0 Å².